The van der Waals surface area contributed by atoms with Crippen LogP contribution in [0.2, 0.25) is 0 Å². The number of rotatable bonds is 5. The van der Waals surface area contributed by atoms with E-state index in [0.717, 1.165) is 49.4 Å². The molecule has 0 spiro atoms. The molecule has 0 radical (unpaired) electrons. The minimum Gasteiger partial charge on any atom is -0.390 e. The zero-order valence-electron chi connectivity index (χ0n) is 19.8. The molecule has 2 N–H and O–H groups in total. The van der Waals surface area contributed by atoms with E-state index in [9.17, 15) is 10.2 Å². The molecule has 0 amide bonds. The van der Waals surface area contributed by atoms with Crippen molar-refractivity contribution in [2.45, 2.75) is 123 Å². The first-order chi connectivity index (χ1) is 13.4. The monoisotopic (exact) mass is 402 g/mol. The van der Waals surface area contributed by atoms with Crippen LogP contribution in [0.1, 0.15) is 112 Å². The van der Waals surface area contributed by atoms with E-state index in [2.05, 4.69) is 19.9 Å². The van der Waals surface area contributed by atoms with Crippen LogP contribution in [0, 0.1) is 34.5 Å². The van der Waals surface area contributed by atoms with Gasteiger partial charge in [0.2, 0.25) is 0 Å². The van der Waals surface area contributed by atoms with Gasteiger partial charge in [0, 0.05) is 0 Å². The predicted molar refractivity (Wildman–Crippen MR) is 121 cm³/mol. The maximum absolute atomic E-state index is 10.6. The minimum atomic E-state index is -0.508. The molecule has 4 rings (SSSR count). The molecular weight excluding hydrogens is 356 g/mol. The van der Waals surface area contributed by atoms with Crippen LogP contribution in [0.3, 0.4) is 0 Å². The second-order valence-corrected chi connectivity index (χ2v) is 12.8. The van der Waals surface area contributed by atoms with Gasteiger partial charge < -0.3 is 10.2 Å². The summed E-state index contributed by atoms with van der Waals surface area (Å²) >= 11 is 0. The van der Waals surface area contributed by atoms with E-state index in [-0.39, 0.29) is 0 Å². The summed E-state index contributed by atoms with van der Waals surface area (Å²) in [4.78, 5) is 0. The smallest absolute Gasteiger partial charge is 0.0657 e. The molecule has 2 heteroatoms. The fourth-order valence-corrected chi connectivity index (χ4v) is 8.34. The summed E-state index contributed by atoms with van der Waals surface area (Å²) in [7, 11) is 0. The highest BCUT2D eigenvalue weighted by Gasteiger charge is 2.58. The highest BCUT2D eigenvalue weighted by atomic mass is 16.3. The van der Waals surface area contributed by atoms with Crippen molar-refractivity contribution in [1.82, 2.24) is 0 Å². The Bertz CT molecular complexity index is 641. The summed E-state index contributed by atoms with van der Waals surface area (Å²) < 4.78 is 0. The average Bonchev–Trinajstić information content (AvgIpc) is 2.95. The Morgan fingerprint density at radius 1 is 1.00 bits per heavy atom. The second-order valence-electron chi connectivity index (χ2n) is 12.8. The van der Waals surface area contributed by atoms with Crippen LogP contribution < -0.4 is 0 Å². The first-order valence-electron chi connectivity index (χ1n) is 12.6. The SMILES string of the molecule is CC(C)(O)CCCCC1CCC2C3CC=C4C[C@@](C)(O)CCC4(C)C3CCC12C. The Labute approximate surface area is 179 Å². The van der Waals surface area contributed by atoms with Crippen LogP contribution in [-0.2, 0) is 0 Å². The molecular formula is C27H46O2. The van der Waals surface area contributed by atoms with Gasteiger partial charge in [0.05, 0.1) is 11.2 Å². The molecule has 0 heterocycles. The van der Waals surface area contributed by atoms with Crippen molar-refractivity contribution in [2.75, 3.05) is 0 Å². The molecule has 2 nitrogen and oxygen atoms in total. The van der Waals surface area contributed by atoms with Gasteiger partial charge in [0.15, 0.2) is 0 Å². The molecule has 3 fully saturated rings. The van der Waals surface area contributed by atoms with Crippen LogP contribution in [0.4, 0.5) is 0 Å². The molecule has 3 saturated carbocycles. The third-order valence-electron chi connectivity index (χ3n) is 10.2. The van der Waals surface area contributed by atoms with Gasteiger partial charge >= 0.3 is 0 Å². The molecule has 29 heavy (non-hydrogen) atoms. The summed E-state index contributed by atoms with van der Waals surface area (Å²) in [6.45, 7) is 11.1. The van der Waals surface area contributed by atoms with Gasteiger partial charge in [-0.2, -0.15) is 0 Å². The lowest BCUT2D eigenvalue weighted by Crippen LogP contribution is -2.51. The maximum Gasteiger partial charge on any atom is 0.0657 e. The van der Waals surface area contributed by atoms with E-state index in [1.165, 1.54) is 51.4 Å². The molecule has 0 aliphatic heterocycles. The normalized spacial score (nSPS) is 47.2. The molecule has 0 saturated heterocycles. The van der Waals surface area contributed by atoms with Gasteiger partial charge in [-0.3, -0.25) is 0 Å². The highest BCUT2D eigenvalue weighted by Crippen LogP contribution is 2.67. The Balaban J connectivity index is 1.44. The van der Waals surface area contributed by atoms with Gasteiger partial charge in [0.25, 0.3) is 0 Å². The summed E-state index contributed by atoms with van der Waals surface area (Å²) in [5.41, 5.74) is 1.48. The van der Waals surface area contributed by atoms with Crippen molar-refractivity contribution < 1.29 is 10.2 Å². The van der Waals surface area contributed by atoms with E-state index < -0.39 is 11.2 Å². The Hall–Kier alpha value is -0.340. The Morgan fingerprint density at radius 3 is 2.48 bits per heavy atom. The predicted octanol–water partition coefficient (Wildman–Crippen LogP) is 6.65. The van der Waals surface area contributed by atoms with Gasteiger partial charge in [-0.05, 0) is 119 Å². The minimum absolute atomic E-state index is 0.345. The number of aliphatic hydroxyl groups is 2. The van der Waals surface area contributed by atoms with Crippen molar-refractivity contribution in [2.24, 2.45) is 34.5 Å². The van der Waals surface area contributed by atoms with Crippen molar-refractivity contribution >= 4 is 0 Å². The van der Waals surface area contributed by atoms with Crippen LogP contribution in [-0.4, -0.2) is 21.4 Å². The molecule has 0 bridgehead atoms. The van der Waals surface area contributed by atoms with Gasteiger partial charge in [-0.1, -0.05) is 38.3 Å². The molecule has 6 unspecified atom stereocenters. The molecule has 0 aromatic carbocycles. The zero-order chi connectivity index (χ0) is 21.1. The molecule has 4 aliphatic carbocycles. The lowest BCUT2D eigenvalue weighted by molar-refractivity contribution is -0.0661. The van der Waals surface area contributed by atoms with E-state index in [0.29, 0.717) is 10.8 Å². The Kier molecular flexibility index (Phi) is 5.56. The summed E-state index contributed by atoms with van der Waals surface area (Å²) in [5, 5.41) is 20.7. The summed E-state index contributed by atoms with van der Waals surface area (Å²) in [5.74, 6) is 3.50. The van der Waals surface area contributed by atoms with E-state index in [4.69, 9.17) is 0 Å². The van der Waals surface area contributed by atoms with Crippen molar-refractivity contribution in [3.63, 3.8) is 0 Å². The first kappa shape index (κ1) is 21.9. The number of allylic oxidation sites excluding steroid dienone is 1. The fraction of sp³-hybridized carbons (Fsp3) is 0.926. The van der Waals surface area contributed by atoms with Gasteiger partial charge in [-0.25, -0.2) is 0 Å². The molecule has 7 atom stereocenters. The van der Waals surface area contributed by atoms with Crippen LogP contribution >= 0.6 is 0 Å². The fourth-order valence-electron chi connectivity index (χ4n) is 8.34. The molecule has 4 aliphatic rings. The first-order valence-corrected chi connectivity index (χ1v) is 12.6. The van der Waals surface area contributed by atoms with Crippen molar-refractivity contribution in [3.05, 3.63) is 11.6 Å². The van der Waals surface area contributed by atoms with E-state index in [1.54, 1.807) is 5.57 Å². The maximum atomic E-state index is 10.6. The van der Waals surface area contributed by atoms with Crippen LogP contribution in [0.25, 0.3) is 0 Å². The quantitative estimate of drug-likeness (QED) is 0.399. The number of hydrogen-bond acceptors (Lipinski definition) is 2. The lowest BCUT2D eigenvalue weighted by Gasteiger charge is -2.59. The van der Waals surface area contributed by atoms with Crippen molar-refractivity contribution in [1.29, 1.82) is 0 Å². The van der Waals surface area contributed by atoms with E-state index >= 15 is 0 Å². The largest absolute Gasteiger partial charge is 0.390 e. The Morgan fingerprint density at radius 2 is 1.76 bits per heavy atom. The third kappa shape index (κ3) is 3.98. The number of fused-ring (bicyclic) bond motifs is 5. The number of unbranched alkanes of at least 4 members (excludes halogenated alkanes) is 1. The molecule has 166 valence electrons. The zero-order valence-corrected chi connectivity index (χ0v) is 19.8. The van der Waals surface area contributed by atoms with Crippen molar-refractivity contribution in [3.8, 4) is 0 Å². The van der Waals surface area contributed by atoms with Crippen LogP contribution in [0.5, 0.6) is 0 Å². The lowest BCUT2D eigenvalue weighted by atomic mass is 9.46. The third-order valence-corrected chi connectivity index (χ3v) is 10.2. The van der Waals surface area contributed by atoms with Crippen LogP contribution in [0.15, 0.2) is 11.6 Å². The van der Waals surface area contributed by atoms with Gasteiger partial charge in [0.1, 0.15) is 0 Å². The van der Waals surface area contributed by atoms with Gasteiger partial charge in [-0.15, -0.1) is 0 Å². The van der Waals surface area contributed by atoms with E-state index in [1.807, 2.05) is 20.8 Å². The molecule has 0 aromatic heterocycles. The average molecular weight is 403 g/mol. The summed E-state index contributed by atoms with van der Waals surface area (Å²) in [6, 6.07) is 0. The number of hydrogen-bond donors (Lipinski definition) is 2. The second kappa shape index (κ2) is 7.37. The topological polar surface area (TPSA) is 40.5 Å². The standard InChI is InChI=1S/C27H46O2/c1-24(2,28)14-7-6-8-19-10-12-22-21-11-9-20-18-25(3,29)16-17-27(20,5)23(21)13-15-26(19,22)4/h9,19,21-23,28-29H,6-8,10-18H2,1-5H3/t19?,21?,22?,23?,25-,26?,27?/m0/s1. The summed E-state index contributed by atoms with van der Waals surface area (Å²) in [6.07, 6.45) is 17.3. The highest BCUT2D eigenvalue weighted by molar-refractivity contribution is 5.26. The molecule has 0 aromatic rings.